The summed E-state index contributed by atoms with van der Waals surface area (Å²) in [5.74, 6) is 2.58. The second kappa shape index (κ2) is 7.83. The summed E-state index contributed by atoms with van der Waals surface area (Å²) in [7, 11) is 4.80. The van der Waals surface area contributed by atoms with Gasteiger partial charge in [-0.3, -0.25) is 0 Å². The number of nitrogens with zero attached hydrogens (tertiary/aromatic N) is 3. The summed E-state index contributed by atoms with van der Waals surface area (Å²) >= 11 is 5.31. The number of methoxy groups -OCH3 is 3. The van der Waals surface area contributed by atoms with Crippen LogP contribution in [0, 0.1) is 4.77 Å². The molecule has 0 fully saturated rings. The first-order chi connectivity index (χ1) is 12.7. The Labute approximate surface area is 155 Å². The second-order valence-electron chi connectivity index (χ2n) is 5.22. The van der Waals surface area contributed by atoms with Gasteiger partial charge in [-0.2, -0.15) is 14.9 Å². The van der Waals surface area contributed by atoms with Crippen LogP contribution in [0.3, 0.4) is 0 Å². The highest BCUT2D eigenvalue weighted by molar-refractivity contribution is 7.71. The summed E-state index contributed by atoms with van der Waals surface area (Å²) in [4.78, 5) is 0. The van der Waals surface area contributed by atoms with Crippen molar-refractivity contribution in [2.45, 2.75) is 0 Å². The Kier molecular flexibility index (Phi) is 5.33. The normalized spacial score (nSPS) is 10.9. The Morgan fingerprint density at radius 2 is 1.81 bits per heavy atom. The van der Waals surface area contributed by atoms with Crippen LogP contribution in [0.2, 0.25) is 0 Å². The lowest BCUT2D eigenvalue weighted by molar-refractivity contribution is 0.394. The number of H-pyrrole nitrogens is 1. The molecule has 0 amide bonds. The molecule has 3 aromatic rings. The summed E-state index contributed by atoms with van der Waals surface area (Å²) in [5, 5.41) is 11.5. The van der Waals surface area contributed by atoms with Gasteiger partial charge in [0.25, 0.3) is 0 Å². The Morgan fingerprint density at radius 3 is 2.54 bits per heavy atom. The molecule has 0 atom stereocenters. The van der Waals surface area contributed by atoms with Crippen LogP contribution in [-0.4, -0.2) is 42.4 Å². The van der Waals surface area contributed by atoms with Crippen LogP contribution in [0.1, 0.15) is 5.56 Å². The van der Waals surface area contributed by atoms with E-state index >= 15 is 0 Å². The van der Waals surface area contributed by atoms with E-state index in [-0.39, 0.29) is 0 Å². The minimum absolute atomic E-state index is 0.370. The van der Waals surface area contributed by atoms with Gasteiger partial charge in [0.05, 0.1) is 33.1 Å². The van der Waals surface area contributed by atoms with Gasteiger partial charge in [0.1, 0.15) is 17.2 Å². The third-order valence-corrected chi connectivity index (χ3v) is 4.02. The molecule has 3 rings (SSSR count). The smallest absolute Gasteiger partial charge is 0.216 e. The molecule has 26 heavy (non-hydrogen) atoms. The molecule has 1 heterocycles. The molecule has 0 radical (unpaired) electrons. The van der Waals surface area contributed by atoms with Gasteiger partial charge in [-0.1, -0.05) is 12.1 Å². The lowest BCUT2D eigenvalue weighted by atomic mass is 10.2. The summed E-state index contributed by atoms with van der Waals surface area (Å²) in [6.07, 6.45) is 1.66. The predicted octanol–water partition coefficient (Wildman–Crippen LogP) is 3.52. The number of ether oxygens (including phenoxy) is 3. The summed E-state index contributed by atoms with van der Waals surface area (Å²) in [5.41, 5.74) is 1.56. The average Bonchev–Trinajstić information content (AvgIpc) is 3.06. The van der Waals surface area contributed by atoms with Crippen molar-refractivity contribution < 1.29 is 14.2 Å². The molecule has 0 aliphatic carbocycles. The van der Waals surface area contributed by atoms with Gasteiger partial charge >= 0.3 is 0 Å². The van der Waals surface area contributed by atoms with Crippen LogP contribution in [0.4, 0.5) is 0 Å². The van der Waals surface area contributed by atoms with Gasteiger partial charge < -0.3 is 14.2 Å². The topological polar surface area (TPSA) is 73.7 Å². The maximum absolute atomic E-state index is 5.40. The fraction of sp³-hybridized carbons (Fsp3) is 0.167. The molecule has 0 unspecified atom stereocenters. The monoisotopic (exact) mass is 370 g/mol. The van der Waals surface area contributed by atoms with Crippen LogP contribution >= 0.6 is 12.2 Å². The van der Waals surface area contributed by atoms with Crippen molar-refractivity contribution in [3.05, 3.63) is 52.8 Å². The van der Waals surface area contributed by atoms with Crippen molar-refractivity contribution in [2.24, 2.45) is 5.10 Å². The van der Waals surface area contributed by atoms with Crippen molar-refractivity contribution in [3.8, 4) is 28.6 Å². The zero-order valence-corrected chi connectivity index (χ0v) is 15.4. The van der Waals surface area contributed by atoms with Crippen LogP contribution in [-0.2, 0) is 0 Å². The van der Waals surface area contributed by atoms with E-state index in [9.17, 15) is 0 Å². The van der Waals surface area contributed by atoms with Gasteiger partial charge in [-0.05, 0) is 36.5 Å². The minimum Gasteiger partial charge on any atom is -0.497 e. The van der Waals surface area contributed by atoms with E-state index in [1.807, 2.05) is 36.4 Å². The molecule has 134 valence electrons. The van der Waals surface area contributed by atoms with Gasteiger partial charge in [-0.15, -0.1) is 0 Å². The molecule has 7 nitrogen and oxygen atoms in total. The quantitative estimate of drug-likeness (QED) is 0.531. The molecular weight excluding hydrogens is 352 g/mol. The van der Waals surface area contributed by atoms with E-state index in [0.717, 1.165) is 11.1 Å². The maximum atomic E-state index is 5.40. The lowest BCUT2D eigenvalue weighted by Gasteiger charge is -2.08. The number of nitrogens with one attached hydrogen (secondary N) is 1. The van der Waals surface area contributed by atoms with Crippen molar-refractivity contribution in [3.63, 3.8) is 0 Å². The Hall–Kier alpha value is -3.13. The zero-order chi connectivity index (χ0) is 18.5. The molecule has 0 bridgehead atoms. The number of rotatable bonds is 6. The van der Waals surface area contributed by atoms with Crippen molar-refractivity contribution in [1.29, 1.82) is 0 Å². The van der Waals surface area contributed by atoms with Crippen LogP contribution in [0.25, 0.3) is 11.4 Å². The number of aromatic nitrogens is 3. The van der Waals surface area contributed by atoms with E-state index in [1.165, 1.54) is 4.68 Å². The van der Waals surface area contributed by atoms with Crippen molar-refractivity contribution >= 4 is 18.4 Å². The molecule has 8 heteroatoms. The predicted molar refractivity (Wildman–Crippen MR) is 102 cm³/mol. The molecule has 0 spiro atoms. The van der Waals surface area contributed by atoms with Gasteiger partial charge in [0.2, 0.25) is 4.77 Å². The number of aromatic amines is 1. The highest BCUT2D eigenvalue weighted by Crippen LogP contribution is 2.28. The summed E-state index contributed by atoms with van der Waals surface area (Å²) < 4.78 is 17.9. The fourth-order valence-electron chi connectivity index (χ4n) is 2.45. The molecule has 0 aliphatic heterocycles. The molecule has 0 saturated heterocycles. The molecule has 0 saturated carbocycles. The van der Waals surface area contributed by atoms with E-state index in [4.69, 9.17) is 26.4 Å². The molecule has 0 aliphatic rings. The third kappa shape index (κ3) is 3.45. The summed E-state index contributed by atoms with van der Waals surface area (Å²) in [6, 6.07) is 13.0. The van der Waals surface area contributed by atoms with Crippen molar-refractivity contribution in [1.82, 2.24) is 14.9 Å². The number of benzene rings is 2. The summed E-state index contributed by atoms with van der Waals surface area (Å²) in [6.45, 7) is 0. The largest absolute Gasteiger partial charge is 0.497 e. The molecular formula is C18H18N4O3S. The first-order valence-corrected chi connectivity index (χ1v) is 8.16. The Morgan fingerprint density at radius 1 is 1.04 bits per heavy atom. The highest BCUT2D eigenvalue weighted by Gasteiger charge is 2.13. The van der Waals surface area contributed by atoms with Crippen LogP contribution in [0.15, 0.2) is 47.6 Å². The highest BCUT2D eigenvalue weighted by atomic mass is 32.1. The van der Waals surface area contributed by atoms with Gasteiger partial charge in [0, 0.05) is 11.6 Å². The number of para-hydroxylation sites is 1. The number of hydrogen-bond donors (Lipinski definition) is 1. The Balaban J connectivity index is 2.03. The van der Waals surface area contributed by atoms with Crippen LogP contribution in [0.5, 0.6) is 17.2 Å². The van der Waals surface area contributed by atoms with Gasteiger partial charge in [-0.25, -0.2) is 5.10 Å². The number of hydrogen-bond acceptors (Lipinski definition) is 6. The maximum Gasteiger partial charge on any atom is 0.216 e. The fourth-order valence-corrected chi connectivity index (χ4v) is 2.63. The Bertz CT molecular complexity index is 994. The van der Waals surface area contributed by atoms with E-state index < -0.39 is 0 Å². The third-order valence-electron chi connectivity index (χ3n) is 3.75. The van der Waals surface area contributed by atoms with E-state index in [1.54, 1.807) is 33.6 Å². The second-order valence-corrected chi connectivity index (χ2v) is 5.60. The zero-order valence-electron chi connectivity index (χ0n) is 14.6. The molecule has 2 aromatic carbocycles. The standard InChI is InChI=1S/C18H18N4O3S/c1-23-13-9-8-12(16(10-13)25-3)11-19-22-17(20-21-18(22)26)14-6-4-5-7-15(14)24-2/h4-11H,1-3H3,(H,21,26). The van der Waals surface area contributed by atoms with Crippen molar-refractivity contribution in [2.75, 3.05) is 21.3 Å². The molecule has 1 N–H and O–H groups in total. The first kappa shape index (κ1) is 17.7. The molecule has 1 aromatic heterocycles. The van der Waals surface area contributed by atoms with E-state index in [2.05, 4.69) is 15.3 Å². The SMILES string of the molecule is COc1ccc(C=Nn2c(-c3ccccc3OC)n[nH]c2=S)c(OC)c1. The van der Waals surface area contributed by atoms with E-state index in [0.29, 0.717) is 27.8 Å². The lowest BCUT2D eigenvalue weighted by Crippen LogP contribution is -1.98. The average molecular weight is 370 g/mol. The minimum atomic E-state index is 0.370. The van der Waals surface area contributed by atoms with Crippen LogP contribution < -0.4 is 14.2 Å². The first-order valence-electron chi connectivity index (χ1n) is 7.75. The van der Waals surface area contributed by atoms with Gasteiger partial charge in [0.15, 0.2) is 5.82 Å².